The van der Waals surface area contributed by atoms with Gasteiger partial charge >= 0.3 is 0 Å². The van der Waals surface area contributed by atoms with Crippen molar-refractivity contribution in [3.63, 3.8) is 0 Å². The summed E-state index contributed by atoms with van der Waals surface area (Å²) in [5, 5.41) is 7.11. The highest BCUT2D eigenvalue weighted by Gasteiger charge is 2.26. The van der Waals surface area contributed by atoms with Gasteiger partial charge in [0, 0.05) is 12.0 Å². The van der Waals surface area contributed by atoms with E-state index >= 15 is 0 Å². The molecule has 0 spiro atoms. The molecule has 6 heteroatoms. The van der Waals surface area contributed by atoms with Gasteiger partial charge in [-0.3, -0.25) is 4.79 Å². The minimum Gasteiger partial charge on any atom is -0.497 e. The number of benzene rings is 1. The summed E-state index contributed by atoms with van der Waals surface area (Å²) in [7, 11) is 1.62. The third-order valence-electron chi connectivity index (χ3n) is 4.18. The van der Waals surface area contributed by atoms with Gasteiger partial charge in [-0.2, -0.15) is 4.98 Å². The number of methoxy groups -OCH3 is 1. The van der Waals surface area contributed by atoms with Crippen molar-refractivity contribution in [3.05, 3.63) is 30.2 Å². The van der Waals surface area contributed by atoms with Crippen molar-refractivity contribution in [2.24, 2.45) is 11.8 Å². The molecule has 2 aromatic rings. The molecule has 0 bridgehead atoms. The van der Waals surface area contributed by atoms with E-state index in [1.54, 1.807) is 7.11 Å². The van der Waals surface area contributed by atoms with Gasteiger partial charge in [-0.25, -0.2) is 0 Å². The average molecular weight is 345 g/mol. The molecule has 6 nitrogen and oxygen atoms in total. The molecule has 0 radical (unpaired) electrons. The Hall–Kier alpha value is -2.37. The van der Waals surface area contributed by atoms with Crippen molar-refractivity contribution in [2.75, 3.05) is 7.11 Å². The van der Waals surface area contributed by atoms with Crippen molar-refractivity contribution in [1.29, 1.82) is 0 Å². The van der Waals surface area contributed by atoms with E-state index in [9.17, 15) is 4.79 Å². The number of aromatic nitrogens is 2. The molecule has 0 unspecified atom stereocenters. The van der Waals surface area contributed by atoms with Crippen LogP contribution < -0.4 is 10.1 Å². The molecule has 1 amide bonds. The van der Waals surface area contributed by atoms with Crippen LogP contribution in [0.1, 0.15) is 52.5 Å². The molecule has 0 saturated heterocycles. The predicted molar refractivity (Wildman–Crippen MR) is 96.1 cm³/mol. The number of carbonyl (C=O) groups is 1. The fourth-order valence-electron chi connectivity index (χ4n) is 2.51. The van der Waals surface area contributed by atoms with Crippen molar-refractivity contribution >= 4 is 5.91 Å². The number of ether oxygens (including phenoxy) is 1. The van der Waals surface area contributed by atoms with Gasteiger partial charge in [0.1, 0.15) is 11.8 Å². The minimum absolute atomic E-state index is 0.00416. The molecule has 2 rings (SSSR count). The molecule has 0 saturated carbocycles. The van der Waals surface area contributed by atoms with E-state index in [0.717, 1.165) is 17.7 Å². The van der Waals surface area contributed by atoms with Crippen molar-refractivity contribution in [1.82, 2.24) is 15.5 Å². The first kappa shape index (κ1) is 19.0. The summed E-state index contributed by atoms with van der Waals surface area (Å²) in [6, 6.07) is 7.17. The van der Waals surface area contributed by atoms with Crippen LogP contribution in [0.2, 0.25) is 0 Å². The molecule has 0 aliphatic carbocycles. The molecule has 0 aliphatic rings. The first-order valence-corrected chi connectivity index (χ1v) is 8.72. The summed E-state index contributed by atoms with van der Waals surface area (Å²) in [6.45, 7) is 8.18. The highest BCUT2D eigenvalue weighted by atomic mass is 16.5. The number of nitrogens with zero attached hydrogens (tertiary/aromatic N) is 2. The minimum atomic E-state index is -0.282. The first-order valence-electron chi connectivity index (χ1n) is 8.72. The number of hydrogen-bond acceptors (Lipinski definition) is 5. The van der Waals surface area contributed by atoms with Crippen LogP contribution >= 0.6 is 0 Å². The van der Waals surface area contributed by atoms with Gasteiger partial charge in [0.05, 0.1) is 7.11 Å². The topological polar surface area (TPSA) is 77.2 Å². The predicted octanol–water partition coefficient (Wildman–Crippen LogP) is 3.99. The average Bonchev–Trinajstić information content (AvgIpc) is 3.08. The monoisotopic (exact) mass is 345 g/mol. The van der Waals surface area contributed by atoms with Gasteiger partial charge in [0.15, 0.2) is 0 Å². The molecule has 1 aromatic heterocycles. The van der Waals surface area contributed by atoms with Crippen LogP contribution in [0.3, 0.4) is 0 Å². The Bertz CT molecular complexity index is 679. The second-order valence-electron chi connectivity index (χ2n) is 6.71. The summed E-state index contributed by atoms with van der Waals surface area (Å²) < 4.78 is 10.6. The summed E-state index contributed by atoms with van der Waals surface area (Å²) in [6.07, 6.45) is 1.37. The van der Waals surface area contributed by atoms with Gasteiger partial charge < -0.3 is 14.6 Å². The lowest BCUT2D eigenvalue weighted by Crippen LogP contribution is -2.33. The second kappa shape index (κ2) is 8.65. The van der Waals surface area contributed by atoms with Gasteiger partial charge in [-0.1, -0.05) is 39.3 Å². The third kappa shape index (κ3) is 5.05. The molecular formula is C19H27N3O3. The van der Waals surface area contributed by atoms with Crippen LogP contribution in [0.4, 0.5) is 0 Å². The molecule has 25 heavy (non-hydrogen) atoms. The Morgan fingerprint density at radius 2 is 1.92 bits per heavy atom. The number of amides is 1. The summed E-state index contributed by atoms with van der Waals surface area (Å²) in [5.41, 5.74) is 0.840. The molecule has 0 fully saturated rings. The summed E-state index contributed by atoms with van der Waals surface area (Å²) in [4.78, 5) is 16.7. The van der Waals surface area contributed by atoms with E-state index in [0.29, 0.717) is 24.1 Å². The maximum absolute atomic E-state index is 12.2. The quantitative estimate of drug-likeness (QED) is 0.782. The van der Waals surface area contributed by atoms with E-state index < -0.39 is 0 Å². The van der Waals surface area contributed by atoms with E-state index in [4.69, 9.17) is 9.26 Å². The molecule has 136 valence electrons. The standard InChI is InChI=1S/C19H27N3O3/c1-6-13(4)17(20-16(23)11-12(2)3)19-21-18(22-25-19)14-7-9-15(24-5)10-8-14/h7-10,12-13,17H,6,11H2,1-5H3,(H,20,23)/t13-,17-/m1/s1. The zero-order valence-electron chi connectivity index (χ0n) is 15.6. The fraction of sp³-hybridized carbons (Fsp3) is 0.526. The largest absolute Gasteiger partial charge is 0.497 e. The normalized spacial score (nSPS) is 13.5. The molecule has 2 atom stereocenters. The molecule has 1 heterocycles. The number of carbonyl (C=O) groups excluding carboxylic acids is 1. The van der Waals surface area contributed by atoms with Crippen LogP contribution in [0.15, 0.2) is 28.8 Å². The zero-order chi connectivity index (χ0) is 18.4. The van der Waals surface area contributed by atoms with Crippen molar-refractivity contribution in [3.8, 4) is 17.1 Å². The first-order chi connectivity index (χ1) is 11.9. The SMILES string of the molecule is CC[C@@H](C)[C@@H](NC(=O)CC(C)C)c1nc(-c2ccc(OC)cc2)no1. The third-order valence-corrected chi connectivity index (χ3v) is 4.18. The number of rotatable bonds is 8. The molecular weight excluding hydrogens is 318 g/mol. The Labute approximate surface area is 149 Å². The van der Waals surface area contributed by atoms with E-state index in [1.807, 2.05) is 38.1 Å². The molecule has 0 aliphatic heterocycles. The fourth-order valence-corrected chi connectivity index (χ4v) is 2.51. The maximum atomic E-state index is 12.2. The highest BCUT2D eigenvalue weighted by Crippen LogP contribution is 2.26. The molecule has 1 aromatic carbocycles. The van der Waals surface area contributed by atoms with Gasteiger partial charge in [0.25, 0.3) is 0 Å². The Kier molecular flexibility index (Phi) is 6.56. The lowest BCUT2D eigenvalue weighted by atomic mass is 9.98. The van der Waals surface area contributed by atoms with Crippen LogP contribution in [0.25, 0.3) is 11.4 Å². The van der Waals surface area contributed by atoms with Crippen LogP contribution in [0.5, 0.6) is 5.75 Å². The molecule has 1 N–H and O–H groups in total. The van der Waals surface area contributed by atoms with Gasteiger partial charge in [-0.15, -0.1) is 0 Å². The van der Waals surface area contributed by atoms with E-state index in [2.05, 4.69) is 29.3 Å². The number of hydrogen-bond donors (Lipinski definition) is 1. The highest BCUT2D eigenvalue weighted by molar-refractivity contribution is 5.76. The second-order valence-corrected chi connectivity index (χ2v) is 6.71. The van der Waals surface area contributed by atoms with Gasteiger partial charge in [0.2, 0.25) is 17.6 Å². The Morgan fingerprint density at radius 3 is 2.48 bits per heavy atom. The van der Waals surface area contributed by atoms with Crippen LogP contribution in [-0.4, -0.2) is 23.2 Å². The summed E-state index contributed by atoms with van der Waals surface area (Å²) >= 11 is 0. The maximum Gasteiger partial charge on any atom is 0.249 e. The van der Waals surface area contributed by atoms with Crippen LogP contribution in [0, 0.1) is 11.8 Å². The Morgan fingerprint density at radius 1 is 1.24 bits per heavy atom. The van der Waals surface area contributed by atoms with Gasteiger partial charge in [-0.05, 0) is 36.1 Å². The lowest BCUT2D eigenvalue weighted by molar-refractivity contribution is -0.123. The van der Waals surface area contributed by atoms with Crippen molar-refractivity contribution < 1.29 is 14.1 Å². The van der Waals surface area contributed by atoms with E-state index in [1.165, 1.54) is 0 Å². The zero-order valence-corrected chi connectivity index (χ0v) is 15.6. The Balaban J connectivity index is 2.20. The van der Waals surface area contributed by atoms with Crippen LogP contribution in [-0.2, 0) is 4.79 Å². The number of nitrogens with one attached hydrogen (secondary N) is 1. The van der Waals surface area contributed by atoms with Crippen molar-refractivity contribution in [2.45, 2.75) is 46.6 Å². The smallest absolute Gasteiger partial charge is 0.249 e. The van der Waals surface area contributed by atoms with E-state index in [-0.39, 0.29) is 17.9 Å². The lowest BCUT2D eigenvalue weighted by Gasteiger charge is -2.21. The summed E-state index contributed by atoms with van der Waals surface area (Å²) in [5.74, 6) is 2.21.